The van der Waals surface area contributed by atoms with E-state index in [9.17, 15) is 18.0 Å². The summed E-state index contributed by atoms with van der Waals surface area (Å²) in [6.07, 6.45) is -2.75. The molecule has 6 nitrogen and oxygen atoms in total. The number of hydrogen-bond donors (Lipinski definition) is 0. The van der Waals surface area contributed by atoms with Crippen molar-refractivity contribution in [2.24, 2.45) is 0 Å². The van der Waals surface area contributed by atoms with E-state index in [2.05, 4.69) is 16.8 Å². The van der Waals surface area contributed by atoms with E-state index in [1.807, 2.05) is 16.5 Å². The number of alkyl halides is 3. The predicted molar refractivity (Wildman–Crippen MR) is 113 cm³/mol. The van der Waals surface area contributed by atoms with Crippen LogP contribution in [0.1, 0.15) is 5.56 Å². The molecule has 0 bridgehead atoms. The van der Waals surface area contributed by atoms with Gasteiger partial charge in [0.15, 0.2) is 11.8 Å². The molecule has 2 aromatic carbocycles. The van der Waals surface area contributed by atoms with Gasteiger partial charge >= 0.3 is 6.18 Å². The molecule has 0 saturated carbocycles. The molecular weight excluding hydrogens is 429 g/mol. The fourth-order valence-electron chi connectivity index (χ4n) is 3.12. The lowest BCUT2D eigenvalue weighted by Gasteiger charge is -2.10. The van der Waals surface area contributed by atoms with Crippen molar-refractivity contribution >= 4 is 28.4 Å². The molecule has 0 atom stereocenters. The van der Waals surface area contributed by atoms with E-state index in [1.165, 1.54) is 28.5 Å². The zero-order chi connectivity index (χ0) is 22.0. The lowest BCUT2D eigenvalue weighted by atomic mass is 10.2. The molecule has 0 aliphatic heterocycles. The van der Waals surface area contributed by atoms with Crippen LogP contribution in [-0.2, 0) is 12.3 Å². The number of ether oxygens (including phenoxy) is 1. The van der Waals surface area contributed by atoms with Gasteiger partial charge in [0.05, 0.1) is 10.9 Å². The Labute approximate surface area is 179 Å². The molecule has 0 radical (unpaired) electrons. The second-order valence-electron chi connectivity index (χ2n) is 6.68. The first-order chi connectivity index (χ1) is 14.9. The Bertz CT molecular complexity index is 1300. The maximum atomic E-state index is 12.8. The summed E-state index contributed by atoms with van der Waals surface area (Å²) in [6.45, 7) is 2.68. The molecule has 0 N–H and O–H groups in total. The minimum Gasteiger partial charge on any atom is -0.484 e. The van der Waals surface area contributed by atoms with Gasteiger partial charge in [-0.05, 0) is 29.8 Å². The number of rotatable bonds is 7. The summed E-state index contributed by atoms with van der Waals surface area (Å²) in [5, 5.41) is 9.60. The highest BCUT2D eigenvalue weighted by Crippen LogP contribution is 2.26. The zero-order valence-corrected chi connectivity index (χ0v) is 17.0. The Balaban J connectivity index is 1.61. The minimum atomic E-state index is -4.38. The Morgan fingerprint density at radius 2 is 1.84 bits per heavy atom. The number of fused-ring (bicyclic) bond motifs is 3. The van der Waals surface area contributed by atoms with Crippen molar-refractivity contribution in [1.29, 1.82) is 0 Å². The van der Waals surface area contributed by atoms with Crippen LogP contribution in [0.15, 0.2) is 71.1 Å². The quantitative estimate of drug-likeness (QED) is 0.310. The van der Waals surface area contributed by atoms with Gasteiger partial charge in [-0.15, -0.1) is 16.8 Å². The SMILES string of the molecule is C=CCn1c(=O)c2ccccc2n2c(SCc3ccc(OCC(F)(F)F)cc3)nnc12. The zero-order valence-electron chi connectivity index (χ0n) is 16.2. The van der Waals surface area contributed by atoms with Gasteiger partial charge in [0.1, 0.15) is 5.75 Å². The van der Waals surface area contributed by atoms with Crippen LogP contribution in [0.25, 0.3) is 16.7 Å². The maximum absolute atomic E-state index is 12.8. The molecule has 0 unspecified atom stereocenters. The van der Waals surface area contributed by atoms with Crippen LogP contribution in [-0.4, -0.2) is 31.9 Å². The third kappa shape index (κ3) is 4.43. The summed E-state index contributed by atoms with van der Waals surface area (Å²) in [7, 11) is 0. The van der Waals surface area contributed by atoms with E-state index in [4.69, 9.17) is 4.74 Å². The van der Waals surface area contributed by atoms with E-state index in [0.29, 0.717) is 34.1 Å². The van der Waals surface area contributed by atoms with Gasteiger partial charge in [-0.3, -0.25) is 13.8 Å². The summed E-state index contributed by atoms with van der Waals surface area (Å²) < 4.78 is 44.9. The van der Waals surface area contributed by atoms with E-state index >= 15 is 0 Å². The second-order valence-corrected chi connectivity index (χ2v) is 7.62. The van der Waals surface area contributed by atoms with E-state index in [1.54, 1.807) is 30.3 Å². The Kier molecular flexibility index (Phi) is 5.73. The van der Waals surface area contributed by atoms with E-state index in [-0.39, 0.29) is 11.3 Å². The van der Waals surface area contributed by atoms with Crippen LogP contribution in [0.2, 0.25) is 0 Å². The summed E-state index contributed by atoms with van der Waals surface area (Å²) in [6, 6.07) is 13.6. The topological polar surface area (TPSA) is 61.4 Å². The number of halogens is 3. The van der Waals surface area contributed by atoms with Crippen LogP contribution in [0.3, 0.4) is 0 Å². The molecule has 0 amide bonds. The van der Waals surface area contributed by atoms with Crippen LogP contribution in [0.5, 0.6) is 5.75 Å². The standard InChI is InChI=1S/C21H17F3N4O2S/c1-2-11-27-18(29)16-5-3-4-6-17(16)28-19(27)25-26-20(28)31-12-14-7-9-15(10-8-14)30-13-21(22,23)24/h2-10H,1,11-13H2. The smallest absolute Gasteiger partial charge is 0.422 e. The largest absolute Gasteiger partial charge is 0.484 e. The van der Waals surface area contributed by atoms with Crippen molar-refractivity contribution in [2.75, 3.05) is 6.61 Å². The Morgan fingerprint density at radius 3 is 2.55 bits per heavy atom. The first kappa shape index (κ1) is 21.0. The van der Waals surface area contributed by atoms with Gasteiger partial charge in [-0.2, -0.15) is 13.2 Å². The van der Waals surface area contributed by atoms with Gasteiger partial charge in [0.2, 0.25) is 5.78 Å². The molecule has 10 heteroatoms. The highest BCUT2D eigenvalue weighted by molar-refractivity contribution is 7.98. The minimum absolute atomic E-state index is 0.151. The number of allylic oxidation sites excluding steroid dienone is 1. The molecule has 4 aromatic rings. The van der Waals surface area contributed by atoms with Crippen molar-refractivity contribution in [3.05, 3.63) is 77.1 Å². The molecule has 0 saturated heterocycles. The maximum Gasteiger partial charge on any atom is 0.422 e. The second kappa shape index (κ2) is 8.46. The van der Waals surface area contributed by atoms with Gasteiger partial charge in [0.25, 0.3) is 5.56 Å². The molecule has 2 heterocycles. The Morgan fingerprint density at radius 1 is 1.10 bits per heavy atom. The number of aromatic nitrogens is 4. The average molecular weight is 446 g/mol. The summed E-state index contributed by atoms with van der Waals surface area (Å²) in [4.78, 5) is 12.8. The molecule has 0 aliphatic rings. The normalized spacial score (nSPS) is 11.8. The van der Waals surface area contributed by atoms with Crippen LogP contribution >= 0.6 is 11.8 Å². The molecule has 2 aromatic heterocycles. The third-order valence-electron chi connectivity index (χ3n) is 4.48. The van der Waals surface area contributed by atoms with Gasteiger partial charge < -0.3 is 4.74 Å². The molecule has 160 valence electrons. The monoisotopic (exact) mass is 446 g/mol. The van der Waals surface area contributed by atoms with Crippen molar-refractivity contribution < 1.29 is 17.9 Å². The van der Waals surface area contributed by atoms with Crippen molar-refractivity contribution in [3.8, 4) is 5.75 Å². The van der Waals surface area contributed by atoms with E-state index < -0.39 is 12.8 Å². The Hall–Kier alpha value is -3.27. The first-order valence-electron chi connectivity index (χ1n) is 9.26. The molecule has 31 heavy (non-hydrogen) atoms. The van der Waals surface area contributed by atoms with Gasteiger partial charge in [-0.25, -0.2) is 0 Å². The highest BCUT2D eigenvalue weighted by Gasteiger charge is 2.28. The lowest BCUT2D eigenvalue weighted by molar-refractivity contribution is -0.153. The fraction of sp³-hybridized carbons (Fsp3) is 0.190. The van der Waals surface area contributed by atoms with Gasteiger partial charge in [-0.1, -0.05) is 42.1 Å². The number of para-hydroxylation sites is 1. The molecule has 0 aliphatic carbocycles. The summed E-state index contributed by atoms with van der Waals surface area (Å²) in [5.41, 5.74) is 1.41. The fourth-order valence-corrected chi connectivity index (χ4v) is 4.01. The molecule has 0 fully saturated rings. The van der Waals surface area contributed by atoms with Gasteiger partial charge in [0, 0.05) is 12.3 Å². The predicted octanol–water partition coefficient (Wildman–Crippen LogP) is 4.46. The van der Waals surface area contributed by atoms with Crippen LogP contribution < -0.4 is 10.3 Å². The van der Waals surface area contributed by atoms with E-state index in [0.717, 1.165) is 5.56 Å². The van der Waals surface area contributed by atoms with Crippen molar-refractivity contribution in [1.82, 2.24) is 19.2 Å². The average Bonchev–Trinajstić information content (AvgIpc) is 3.18. The highest BCUT2D eigenvalue weighted by atomic mass is 32.2. The number of thioether (sulfide) groups is 1. The number of hydrogen-bond acceptors (Lipinski definition) is 5. The van der Waals surface area contributed by atoms with Crippen molar-refractivity contribution in [2.45, 2.75) is 23.6 Å². The number of benzene rings is 2. The van der Waals surface area contributed by atoms with Crippen LogP contribution in [0, 0.1) is 0 Å². The number of nitrogens with zero attached hydrogens (tertiary/aromatic N) is 4. The lowest BCUT2D eigenvalue weighted by Crippen LogP contribution is -2.22. The van der Waals surface area contributed by atoms with Crippen molar-refractivity contribution in [3.63, 3.8) is 0 Å². The summed E-state index contributed by atoms with van der Waals surface area (Å²) >= 11 is 1.41. The molecule has 0 spiro atoms. The van der Waals surface area contributed by atoms with Crippen LogP contribution in [0.4, 0.5) is 13.2 Å². The first-order valence-corrected chi connectivity index (χ1v) is 10.2. The third-order valence-corrected chi connectivity index (χ3v) is 5.48. The summed E-state index contributed by atoms with van der Waals surface area (Å²) in [5.74, 6) is 1.08. The molecular formula is C21H17F3N4O2S. The molecule has 4 rings (SSSR count).